The fourth-order valence-corrected chi connectivity index (χ4v) is 2.12. The number of nitrogens with one attached hydrogen (secondary N) is 1. The highest BCUT2D eigenvalue weighted by Crippen LogP contribution is 2.23. The lowest BCUT2D eigenvalue weighted by atomic mass is 10.2. The molecule has 4 nitrogen and oxygen atoms in total. The lowest BCUT2D eigenvalue weighted by Crippen LogP contribution is -2.17. The molecule has 102 valence electrons. The quantitative estimate of drug-likeness (QED) is 0.826. The van der Waals surface area contributed by atoms with Crippen LogP contribution in [-0.2, 0) is 6.54 Å². The summed E-state index contributed by atoms with van der Waals surface area (Å²) in [6, 6.07) is 5.98. The number of halogens is 2. The zero-order valence-electron chi connectivity index (χ0n) is 10.5. The van der Waals surface area contributed by atoms with Crippen LogP contribution in [0.1, 0.15) is 11.3 Å². The van der Waals surface area contributed by atoms with Gasteiger partial charge in [0, 0.05) is 18.7 Å². The summed E-state index contributed by atoms with van der Waals surface area (Å²) in [5.41, 5.74) is 2.39. The van der Waals surface area contributed by atoms with E-state index in [9.17, 15) is 4.39 Å². The molecule has 19 heavy (non-hydrogen) atoms. The van der Waals surface area contributed by atoms with Crippen molar-refractivity contribution >= 4 is 11.6 Å². The number of hydrogen-bond acceptors (Lipinski definition) is 3. The molecule has 0 saturated carbocycles. The Labute approximate surface area is 115 Å². The van der Waals surface area contributed by atoms with Gasteiger partial charge in [-0.25, -0.2) is 9.07 Å². The largest absolute Gasteiger partial charge is 0.395 e. The molecule has 1 heterocycles. The predicted octanol–water partition coefficient (Wildman–Crippen LogP) is 2.06. The van der Waals surface area contributed by atoms with Crippen molar-refractivity contribution in [1.82, 2.24) is 15.1 Å². The second-order valence-corrected chi connectivity index (χ2v) is 4.50. The minimum absolute atomic E-state index is 0.0722. The van der Waals surface area contributed by atoms with E-state index in [1.165, 1.54) is 12.1 Å². The number of benzene rings is 1. The fourth-order valence-electron chi connectivity index (χ4n) is 1.78. The highest BCUT2D eigenvalue weighted by molar-refractivity contribution is 6.30. The Hall–Kier alpha value is -1.43. The molecule has 1 aromatic heterocycles. The molecule has 0 amide bonds. The van der Waals surface area contributed by atoms with E-state index in [0.717, 1.165) is 11.3 Å². The topological polar surface area (TPSA) is 50.1 Å². The first kappa shape index (κ1) is 14.0. The predicted molar refractivity (Wildman–Crippen MR) is 72.1 cm³/mol. The molecular weight excluding hydrogens is 269 g/mol. The fraction of sp³-hybridized carbons (Fsp3) is 0.308. The van der Waals surface area contributed by atoms with E-state index in [-0.39, 0.29) is 12.4 Å². The van der Waals surface area contributed by atoms with Crippen LogP contribution in [-0.4, -0.2) is 28.0 Å². The smallest absolute Gasteiger partial charge is 0.137 e. The Morgan fingerprint density at radius 1 is 1.37 bits per heavy atom. The van der Waals surface area contributed by atoms with Crippen molar-refractivity contribution in [3.63, 3.8) is 0 Å². The zero-order valence-corrected chi connectivity index (χ0v) is 11.3. The van der Waals surface area contributed by atoms with Crippen molar-refractivity contribution in [2.45, 2.75) is 13.5 Å². The zero-order chi connectivity index (χ0) is 13.8. The molecule has 2 rings (SSSR count). The average molecular weight is 284 g/mol. The molecule has 0 radical (unpaired) electrons. The van der Waals surface area contributed by atoms with Crippen molar-refractivity contribution in [3.05, 3.63) is 46.5 Å². The molecule has 0 unspecified atom stereocenters. The number of aliphatic hydroxyl groups is 1. The Morgan fingerprint density at radius 3 is 2.68 bits per heavy atom. The third-order valence-electron chi connectivity index (χ3n) is 2.78. The van der Waals surface area contributed by atoms with Crippen LogP contribution in [0, 0.1) is 12.7 Å². The second-order valence-electron chi connectivity index (χ2n) is 4.14. The van der Waals surface area contributed by atoms with Crippen LogP contribution in [0.3, 0.4) is 0 Å². The number of nitrogens with zero attached hydrogens (tertiary/aromatic N) is 2. The van der Waals surface area contributed by atoms with Crippen molar-refractivity contribution in [2.75, 3.05) is 13.2 Å². The Bertz CT molecular complexity index is 554. The second kappa shape index (κ2) is 6.14. The summed E-state index contributed by atoms with van der Waals surface area (Å²) in [7, 11) is 0. The van der Waals surface area contributed by atoms with E-state index in [2.05, 4.69) is 10.4 Å². The van der Waals surface area contributed by atoms with Gasteiger partial charge in [-0.05, 0) is 31.2 Å². The Morgan fingerprint density at radius 2 is 2.05 bits per heavy atom. The number of aromatic nitrogens is 2. The van der Waals surface area contributed by atoms with E-state index in [0.29, 0.717) is 23.9 Å². The maximum atomic E-state index is 12.9. The van der Waals surface area contributed by atoms with Crippen molar-refractivity contribution < 1.29 is 9.50 Å². The van der Waals surface area contributed by atoms with Gasteiger partial charge in [0.15, 0.2) is 0 Å². The van der Waals surface area contributed by atoms with Crippen LogP contribution in [0.15, 0.2) is 24.3 Å². The molecule has 2 N–H and O–H groups in total. The molecule has 0 bridgehead atoms. The van der Waals surface area contributed by atoms with Crippen molar-refractivity contribution in [2.24, 2.45) is 0 Å². The third-order valence-corrected chi connectivity index (χ3v) is 3.17. The Kier molecular flexibility index (Phi) is 4.52. The number of hydrogen-bond donors (Lipinski definition) is 2. The SMILES string of the molecule is Cc1nn(-c2ccc(F)cc2)c(Cl)c1CNCCO. The van der Waals surface area contributed by atoms with Gasteiger partial charge in [0.05, 0.1) is 18.0 Å². The highest BCUT2D eigenvalue weighted by atomic mass is 35.5. The van der Waals surface area contributed by atoms with E-state index in [1.807, 2.05) is 6.92 Å². The van der Waals surface area contributed by atoms with Gasteiger partial charge in [0.1, 0.15) is 11.0 Å². The normalized spacial score (nSPS) is 10.9. The molecule has 0 saturated heterocycles. The van der Waals surface area contributed by atoms with Crippen LogP contribution in [0.2, 0.25) is 5.15 Å². The summed E-state index contributed by atoms with van der Waals surface area (Å²) in [6.07, 6.45) is 0. The van der Waals surface area contributed by atoms with Crippen LogP contribution in [0.25, 0.3) is 5.69 Å². The van der Waals surface area contributed by atoms with E-state index >= 15 is 0 Å². The van der Waals surface area contributed by atoms with Crippen LogP contribution >= 0.6 is 11.6 Å². The van der Waals surface area contributed by atoms with Gasteiger partial charge < -0.3 is 10.4 Å². The van der Waals surface area contributed by atoms with Crippen LogP contribution in [0.5, 0.6) is 0 Å². The molecule has 0 aliphatic rings. The first-order valence-electron chi connectivity index (χ1n) is 5.95. The van der Waals surface area contributed by atoms with Crippen LogP contribution in [0.4, 0.5) is 4.39 Å². The summed E-state index contributed by atoms with van der Waals surface area (Å²) in [5, 5.41) is 16.6. The Balaban J connectivity index is 2.27. The number of rotatable bonds is 5. The van der Waals surface area contributed by atoms with E-state index in [1.54, 1.807) is 16.8 Å². The van der Waals surface area contributed by atoms with Gasteiger partial charge in [-0.3, -0.25) is 0 Å². The lowest BCUT2D eigenvalue weighted by Gasteiger charge is -2.04. The van der Waals surface area contributed by atoms with E-state index in [4.69, 9.17) is 16.7 Å². The molecule has 1 aromatic carbocycles. The first-order valence-corrected chi connectivity index (χ1v) is 6.33. The van der Waals surface area contributed by atoms with Gasteiger partial charge in [-0.1, -0.05) is 11.6 Å². The number of aliphatic hydroxyl groups excluding tert-OH is 1. The molecule has 6 heteroatoms. The monoisotopic (exact) mass is 283 g/mol. The average Bonchev–Trinajstić information content (AvgIpc) is 2.68. The van der Waals surface area contributed by atoms with E-state index < -0.39 is 0 Å². The first-order chi connectivity index (χ1) is 9.13. The summed E-state index contributed by atoms with van der Waals surface area (Å²) in [4.78, 5) is 0. The summed E-state index contributed by atoms with van der Waals surface area (Å²) in [6.45, 7) is 2.97. The molecule has 2 aromatic rings. The number of aryl methyl sites for hydroxylation is 1. The van der Waals surface area contributed by atoms with Gasteiger partial charge in [-0.15, -0.1) is 0 Å². The van der Waals surface area contributed by atoms with Crippen molar-refractivity contribution in [1.29, 1.82) is 0 Å². The minimum Gasteiger partial charge on any atom is -0.395 e. The lowest BCUT2D eigenvalue weighted by molar-refractivity contribution is 0.292. The summed E-state index contributed by atoms with van der Waals surface area (Å²) < 4.78 is 14.5. The third kappa shape index (κ3) is 3.12. The standard InChI is InChI=1S/C13H15ClFN3O/c1-9-12(8-16-6-7-19)13(14)18(17-9)11-4-2-10(15)3-5-11/h2-5,16,19H,6-8H2,1H3. The van der Waals surface area contributed by atoms with Gasteiger partial charge in [0.2, 0.25) is 0 Å². The summed E-state index contributed by atoms with van der Waals surface area (Å²) in [5.74, 6) is -0.298. The minimum atomic E-state index is -0.298. The van der Waals surface area contributed by atoms with Crippen LogP contribution < -0.4 is 5.32 Å². The molecule has 0 aliphatic heterocycles. The maximum Gasteiger partial charge on any atom is 0.137 e. The molecule has 0 atom stereocenters. The molecular formula is C13H15ClFN3O. The molecule has 0 spiro atoms. The maximum absolute atomic E-state index is 12.9. The van der Waals surface area contributed by atoms with Crippen molar-refractivity contribution in [3.8, 4) is 5.69 Å². The van der Waals surface area contributed by atoms with Gasteiger partial charge in [0.25, 0.3) is 0 Å². The molecule has 0 fully saturated rings. The van der Waals surface area contributed by atoms with Gasteiger partial charge in [-0.2, -0.15) is 5.10 Å². The van der Waals surface area contributed by atoms with Gasteiger partial charge >= 0.3 is 0 Å². The highest BCUT2D eigenvalue weighted by Gasteiger charge is 2.14. The summed E-state index contributed by atoms with van der Waals surface area (Å²) >= 11 is 6.29. The molecule has 0 aliphatic carbocycles.